The van der Waals surface area contributed by atoms with Crippen LogP contribution in [0.5, 0.6) is 5.75 Å². The summed E-state index contributed by atoms with van der Waals surface area (Å²) in [5, 5.41) is 3.36. The van der Waals surface area contributed by atoms with E-state index in [9.17, 15) is 9.59 Å². The molecule has 4 aromatic rings. The van der Waals surface area contributed by atoms with Gasteiger partial charge < -0.3 is 10.1 Å². The maximum atomic E-state index is 13.2. The predicted octanol–water partition coefficient (Wildman–Crippen LogP) is 5.44. The number of hydrogen-bond donors (Lipinski definition) is 1. The van der Waals surface area contributed by atoms with Gasteiger partial charge in [0.1, 0.15) is 10.4 Å². The fourth-order valence-electron chi connectivity index (χ4n) is 3.30. The summed E-state index contributed by atoms with van der Waals surface area (Å²) in [4.78, 5) is 31.5. The standard InChI is InChI=1S/C25H23N3O3S2/c1-3-14-28-24(30)23-19(15-21(33-23)17-10-6-5-7-11-17)27-25(28)32-16-22(29)26-18-12-8-9-13-20(18)31-4-2/h3,5-13,15H,1,4,14,16H2,2H3,(H,26,29). The molecule has 8 heteroatoms. The number of hydrogen-bond acceptors (Lipinski definition) is 6. The summed E-state index contributed by atoms with van der Waals surface area (Å²) in [5.74, 6) is 0.515. The number of aromatic nitrogens is 2. The lowest BCUT2D eigenvalue weighted by molar-refractivity contribution is -0.113. The number of allylic oxidation sites excluding steroid dienone is 1. The number of rotatable bonds is 9. The lowest BCUT2D eigenvalue weighted by Gasteiger charge is -2.12. The molecule has 0 atom stereocenters. The highest BCUT2D eigenvalue weighted by Crippen LogP contribution is 2.32. The summed E-state index contributed by atoms with van der Waals surface area (Å²) in [6, 6.07) is 19.1. The third-order valence-electron chi connectivity index (χ3n) is 4.76. The summed E-state index contributed by atoms with van der Waals surface area (Å²) >= 11 is 2.65. The zero-order valence-electron chi connectivity index (χ0n) is 18.1. The van der Waals surface area contributed by atoms with E-state index in [2.05, 4.69) is 11.9 Å². The van der Waals surface area contributed by atoms with Crippen LogP contribution in [0.3, 0.4) is 0 Å². The van der Waals surface area contributed by atoms with Crippen molar-refractivity contribution in [3.8, 4) is 16.2 Å². The van der Waals surface area contributed by atoms with Crippen molar-refractivity contribution in [3.63, 3.8) is 0 Å². The molecule has 0 fully saturated rings. The van der Waals surface area contributed by atoms with E-state index in [-0.39, 0.29) is 17.2 Å². The van der Waals surface area contributed by atoms with Crippen LogP contribution in [-0.4, -0.2) is 27.8 Å². The van der Waals surface area contributed by atoms with Crippen LogP contribution in [-0.2, 0) is 11.3 Å². The van der Waals surface area contributed by atoms with E-state index in [4.69, 9.17) is 9.72 Å². The van der Waals surface area contributed by atoms with Gasteiger partial charge in [-0.2, -0.15) is 0 Å². The molecule has 168 valence electrons. The maximum Gasteiger partial charge on any atom is 0.272 e. The Hall–Kier alpha value is -3.36. The fourth-order valence-corrected chi connectivity index (χ4v) is 5.16. The van der Waals surface area contributed by atoms with Gasteiger partial charge in [0.25, 0.3) is 5.56 Å². The predicted molar refractivity (Wildman–Crippen MR) is 136 cm³/mol. The number of amides is 1. The molecule has 1 amide bonds. The van der Waals surface area contributed by atoms with Crippen molar-refractivity contribution >= 4 is 44.9 Å². The number of benzene rings is 2. The topological polar surface area (TPSA) is 73.2 Å². The van der Waals surface area contributed by atoms with Gasteiger partial charge in [-0.3, -0.25) is 14.2 Å². The number of nitrogens with zero attached hydrogens (tertiary/aromatic N) is 2. The molecule has 0 aliphatic rings. The Bertz CT molecular complexity index is 1350. The van der Waals surface area contributed by atoms with Crippen molar-refractivity contribution in [1.82, 2.24) is 9.55 Å². The fraction of sp³-hybridized carbons (Fsp3) is 0.160. The molecule has 1 N–H and O–H groups in total. The summed E-state index contributed by atoms with van der Waals surface area (Å²) in [6.45, 7) is 6.48. The molecule has 0 unspecified atom stereocenters. The van der Waals surface area contributed by atoms with Crippen LogP contribution in [0.25, 0.3) is 20.7 Å². The van der Waals surface area contributed by atoms with Crippen molar-refractivity contribution in [1.29, 1.82) is 0 Å². The van der Waals surface area contributed by atoms with E-state index in [0.717, 1.165) is 10.4 Å². The van der Waals surface area contributed by atoms with E-state index in [0.29, 0.717) is 40.0 Å². The average molecular weight is 478 g/mol. The first-order chi connectivity index (χ1) is 16.1. The summed E-state index contributed by atoms with van der Waals surface area (Å²) in [7, 11) is 0. The van der Waals surface area contributed by atoms with E-state index in [1.54, 1.807) is 16.7 Å². The molecule has 0 bridgehead atoms. The number of thiophene rings is 1. The number of carbonyl (C=O) groups excluding carboxylic acids is 1. The minimum atomic E-state index is -0.207. The Kier molecular flexibility index (Phi) is 7.26. The Morgan fingerprint density at radius 2 is 1.97 bits per heavy atom. The number of thioether (sulfide) groups is 1. The number of nitrogens with one attached hydrogen (secondary N) is 1. The highest BCUT2D eigenvalue weighted by atomic mass is 32.2. The van der Waals surface area contributed by atoms with Gasteiger partial charge in [-0.25, -0.2) is 4.98 Å². The molecule has 0 aliphatic carbocycles. The number of para-hydroxylation sites is 2. The highest BCUT2D eigenvalue weighted by molar-refractivity contribution is 7.99. The van der Waals surface area contributed by atoms with Gasteiger partial charge in [-0.05, 0) is 30.7 Å². The molecule has 0 saturated carbocycles. The summed E-state index contributed by atoms with van der Waals surface area (Å²) < 4.78 is 7.72. The second-order valence-electron chi connectivity index (χ2n) is 7.06. The van der Waals surface area contributed by atoms with Crippen molar-refractivity contribution in [2.24, 2.45) is 0 Å². The molecule has 4 rings (SSSR count). The molecule has 2 heterocycles. The lowest BCUT2D eigenvalue weighted by atomic mass is 10.2. The Morgan fingerprint density at radius 3 is 2.73 bits per heavy atom. The smallest absolute Gasteiger partial charge is 0.272 e. The maximum absolute atomic E-state index is 13.2. The van der Waals surface area contributed by atoms with Gasteiger partial charge in [-0.1, -0.05) is 60.3 Å². The SMILES string of the molecule is C=CCn1c(SCC(=O)Nc2ccccc2OCC)nc2cc(-c3ccccc3)sc2c1=O. The van der Waals surface area contributed by atoms with Gasteiger partial charge in [-0.15, -0.1) is 17.9 Å². The largest absolute Gasteiger partial charge is 0.492 e. The van der Waals surface area contributed by atoms with Crippen molar-refractivity contribution in [2.75, 3.05) is 17.7 Å². The minimum absolute atomic E-state index is 0.102. The molecule has 33 heavy (non-hydrogen) atoms. The van der Waals surface area contributed by atoms with Gasteiger partial charge in [0.2, 0.25) is 5.91 Å². The first-order valence-corrected chi connectivity index (χ1v) is 12.3. The quantitative estimate of drug-likeness (QED) is 0.197. The molecule has 2 aromatic heterocycles. The zero-order valence-corrected chi connectivity index (χ0v) is 19.7. The van der Waals surface area contributed by atoms with Gasteiger partial charge >= 0.3 is 0 Å². The van der Waals surface area contributed by atoms with Crippen LogP contribution in [0.2, 0.25) is 0 Å². The van der Waals surface area contributed by atoms with Crippen LogP contribution in [0.4, 0.5) is 5.69 Å². The Balaban J connectivity index is 1.59. The van der Waals surface area contributed by atoms with Crippen molar-refractivity contribution < 1.29 is 9.53 Å². The first-order valence-electron chi connectivity index (χ1n) is 10.5. The summed E-state index contributed by atoms with van der Waals surface area (Å²) in [6.07, 6.45) is 1.66. The van der Waals surface area contributed by atoms with Crippen LogP contribution < -0.4 is 15.6 Å². The third-order valence-corrected chi connectivity index (χ3v) is 6.90. The van der Waals surface area contributed by atoms with Crippen molar-refractivity contribution in [2.45, 2.75) is 18.6 Å². The van der Waals surface area contributed by atoms with Gasteiger partial charge in [0.05, 0.1) is 23.6 Å². The molecule has 0 spiro atoms. The second-order valence-corrected chi connectivity index (χ2v) is 9.05. The number of anilines is 1. The van der Waals surface area contributed by atoms with E-state index >= 15 is 0 Å². The zero-order chi connectivity index (χ0) is 23.2. The highest BCUT2D eigenvalue weighted by Gasteiger charge is 2.16. The van der Waals surface area contributed by atoms with Crippen LogP contribution >= 0.6 is 23.1 Å². The minimum Gasteiger partial charge on any atom is -0.492 e. The lowest BCUT2D eigenvalue weighted by Crippen LogP contribution is -2.23. The summed E-state index contributed by atoms with van der Waals surface area (Å²) in [5.41, 5.74) is 2.16. The van der Waals surface area contributed by atoms with Crippen LogP contribution in [0.15, 0.2) is 83.3 Å². The molecular weight excluding hydrogens is 454 g/mol. The number of fused-ring (bicyclic) bond motifs is 1. The van der Waals surface area contributed by atoms with Crippen LogP contribution in [0.1, 0.15) is 6.92 Å². The Labute approximate surface area is 199 Å². The molecule has 2 aromatic carbocycles. The average Bonchev–Trinajstić information content (AvgIpc) is 3.26. The second kappa shape index (κ2) is 10.5. The van der Waals surface area contributed by atoms with E-state index in [1.807, 2.05) is 61.5 Å². The third kappa shape index (κ3) is 5.18. The van der Waals surface area contributed by atoms with E-state index < -0.39 is 0 Å². The molecule has 6 nitrogen and oxygen atoms in total. The number of ether oxygens (including phenoxy) is 1. The Morgan fingerprint density at radius 1 is 1.21 bits per heavy atom. The van der Waals surface area contributed by atoms with Crippen LogP contribution in [0, 0.1) is 0 Å². The van der Waals surface area contributed by atoms with Crippen molar-refractivity contribution in [3.05, 3.63) is 83.7 Å². The normalized spacial score (nSPS) is 10.8. The first kappa shape index (κ1) is 22.8. The van der Waals surface area contributed by atoms with Gasteiger partial charge in [0, 0.05) is 11.4 Å². The van der Waals surface area contributed by atoms with Gasteiger partial charge in [0.15, 0.2) is 5.16 Å². The number of carbonyl (C=O) groups is 1. The molecule has 0 radical (unpaired) electrons. The van der Waals surface area contributed by atoms with E-state index in [1.165, 1.54) is 23.1 Å². The molecule has 0 saturated heterocycles. The molecule has 0 aliphatic heterocycles. The molecular formula is C25H23N3O3S2. The monoisotopic (exact) mass is 477 g/mol.